The number of benzene rings is 1. The first-order valence-corrected chi connectivity index (χ1v) is 5.39. The molecule has 80 valence electrons. The standard InChI is InChI=1S/C14H18O/c1-4-5-6-14(15)13-9-7-12(8-10-13)11(2)3/h4,7-11H,1,5-6H2,2-3H3. The normalized spacial score (nSPS) is 10.3. The Morgan fingerprint density at radius 3 is 2.40 bits per heavy atom. The molecule has 0 saturated carbocycles. The fourth-order valence-corrected chi connectivity index (χ4v) is 1.43. The monoisotopic (exact) mass is 202 g/mol. The van der Waals surface area contributed by atoms with Crippen molar-refractivity contribution in [2.45, 2.75) is 32.6 Å². The average molecular weight is 202 g/mol. The van der Waals surface area contributed by atoms with Crippen LogP contribution in [0.1, 0.15) is 48.5 Å². The second-order valence-corrected chi connectivity index (χ2v) is 4.03. The lowest BCUT2D eigenvalue weighted by molar-refractivity contribution is 0.0983. The number of allylic oxidation sites excluding steroid dienone is 1. The van der Waals surface area contributed by atoms with Gasteiger partial charge in [0.15, 0.2) is 5.78 Å². The maximum Gasteiger partial charge on any atom is 0.163 e. The number of hydrogen-bond acceptors (Lipinski definition) is 1. The fraction of sp³-hybridized carbons (Fsp3) is 0.357. The van der Waals surface area contributed by atoms with Crippen LogP contribution in [0.15, 0.2) is 36.9 Å². The van der Waals surface area contributed by atoms with Crippen molar-refractivity contribution < 1.29 is 4.79 Å². The second-order valence-electron chi connectivity index (χ2n) is 4.03. The van der Waals surface area contributed by atoms with Crippen molar-refractivity contribution in [3.8, 4) is 0 Å². The lowest BCUT2D eigenvalue weighted by Crippen LogP contribution is -1.98. The van der Waals surface area contributed by atoms with E-state index in [9.17, 15) is 4.79 Å². The van der Waals surface area contributed by atoms with E-state index in [-0.39, 0.29) is 5.78 Å². The Balaban J connectivity index is 2.71. The van der Waals surface area contributed by atoms with Crippen molar-refractivity contribution in [3.63, 3.8) is 0 Å². The van der Waals surface area contributed by atoms with Gasteiger partial charge in [-0.15, -0.1) is 6.58 Å². The van der Waals surface area contributed by atoms with Crippen LogP contribution in [-0.4, -0.2) is 5.78 Å². The maximum absolute atomic E-state index is 11.6. The molecule has 1 nitrogen and oxygen atoms in total. The van der Waals surface area contributed by atoms with Crippen molar-refractivity contribution in [1.82, 2.24) is 0 Å². The Bertz CT molecular complexity index is 333. The van der Waals surface area contributed by atoms with E-state index in [1.54, 1.807) is 6.08 Å². The smallest absolute Gasteiger partial charge is 0.163 e. The Labute approximate surface area is 91.8 Å². The van der Waals surface area contributed by atoms with Crippen LogP contribution in [0, 0.1) is 0 Å². The van der Waals surface area contributed by atoms with Gasteiger partial charge in [-0.05, 0) is 17.9 Å². The Morgan fingerprint density at radius 2 is 1.93 bits per heavy atom. The zero-order valence-electron chi connectivity index (χ0n) is 9.49. The molecule has 0 radical (unpaired) electrons. The summed E-state index contributed by atoms with van der Waals surface area (Å²) in [5.41, 5.74) is 2.08. The highest BCUT2D eigenvalue weighted by Crippen LogP contribution is 2.15. The van der Waals surface area contributed by atoms with Crippen LogP contribution in [0.5, 0.6) is 0 Å². The third kappa shape index (κ3) is 3.35. The molecule has 0 heterocycles. The van der Waals surface area contributed by atoms with Gasteiger partial charge in [0.25, 0.3) is 0 Å². The van der Waals surface area contributed by atoms with Crippen molar-refractivity contribution in [3.05, 3.63) is 48.0 Å². The highest BCUT2D eigenvalue weighted by molar-refractivity contribution is 5.96. The van der Waals surface area contributed by atoms with Gasteiger partial charge in [0, 0.05) is 12.0 Å². The Morgan fingerprint density at radius 1 is 1.33 bits per heavy atom. The number of carbonyl (C=O) groups is 1. The molecule has 0 aromatic heterocycles. The molecular weight excluding hydrogens is 184 g/mol. The van der Waals surface area contributed by atoms with E-state index in [0.29, 0.717) is 12.3 Å². The van der Waals surface area contributed by atoms with E-state index in [4.69, 9.17) is 0 Å². The first-order chi connectivity index (χ1) is 7.15. The van der Waals surface area contributed by atoms with E-state index in [0.717, 1.165) is 12.0 Å². The molecule has 0 N–H and O–H groups in total. The summed E-state index contributed by atoms with van der Waals surface area (Å²) in [6, 6.07) is 7.90. The van der Waals surface area contributed by atoms with Crippen LogP contribution in [0.2, 0.25) is 0 Å². The van der Waals surface area contributed by atoms with Crippen molar-refractivity contribution in [2.75, 3.05) is 0 Å². The van der Waals surface area contributed by atoms with Crippen LogP contribution in [0.4, 0.5) is 0 Å². The molecule has 0 aliphatic rings. The third-order valence-corrected chi connectivity index (χ3v) is 2.47. The molecule has 1 heteroatoms. The summed E-state index contributed by atoms with van der Waals surface area (Å²) in [5, 5.41) is 0. The van der Waals surface area contributed by atoms with Crippen LogP contribution >= 0.6 is 0 Å². The summed E-state index contributed by atoms with van der Waals surface area (Å²) in [4.78, 5) is 11.6. The first-order valence-electron chi connectivity index (χ1n) is 5.39. The highest BCUT2D eigenvalue weighted by atomic mass is 16.1. The van der Waals surface area contributed by atoms with Crippen molar-refractivity contribution in [2.24, 2.45) is 0 Å². The van der Waals surface area contributed by atoms with E-state index >= 15 is 0 Å². The van der Waals surface area contributed by atoms with Gasteiger partial charge < -0.3 is 0 Å². The molecule has 0 aliphatic carbocycles. The van der Waals surface area contributed by atoms with Gasteiger partial charge in [0.2, 0.25) is 0 Å². The van der Waals surface area contributed by atoms with E-state index in [2.05, 4.69) is 20.4 Å². The summed E-state index contributed by atoms with van der Waals surface area (Å²) in [6.45, 7) is 7.91. The van der Waals surface area contributed by atoms with Gasteiger partial charge in [-0.2, -0.15) is 0 Å². The molecule has 0 atom stereocenters. The Hall–Kier alpha value is -1.37. The van der Waals surface area contributed by atoms with Gasteiger partial charge in [0.1, 0.15) is 0 Å². The zero-order valence-corrected chi connectivity index (χ0v) is 9.49. The predicted molar refractivity (Wildman–Crippen MR) is 64.3 cm³/mol. The SMILES string of the molecule is C=CCCC(=O)c1ccc(C(C)C)cc1. The molecule has 0 amide bonds. The van der Waals surface area contributed by atoms with Crippen molar-refractivity contribution in [1.29, 1.82) is 0 Å². The Kier molecular flexibility index (Phi) is 4.29. The summed E-state index contributed by atoms with van der Waals surface area (Å²) >= 11 is 0. The number of ketones is 1. The third-order valence-electron chi connectivity index (χ3n) is 2.47. The molecule has 15 heavy (non-hydrogen) atoms. The van der Waals surface area contributed by atoms with Crippen LogP contribution < -0.4 is 0 Å². The minimum Gasteiger partial charge on any atom is -0.294 e. The molecule has 0 bridgehead atoms. The minimum atomic E-state index is 0.199. The topological polar surface area (TPSA) is 17.1 Å². The minimum absolute atomic E-state index is 0.199. The second kappa shape index (κ2) is 5.50. The molecule has 1 aromatic carbocycles. The maximum atomic E-state index is 11.6. The molecule has 1 aromatic rings. The zero-order chi connectivity index (χ0) is 11.3. The molecule has 0 spiro atoms. The predicted octanol–water partition coefficient (Wildman–Crippen LogP) is 3.96. The molecule has 1 rings (SSSR count). The lowest BCUT2D eigenvalue weighted by Gasteiger charge is -2.05. The van der Waals surface area contributed by atoms with Crippen molar-refractivity contribution >= 4 is 5.78 Å². The van der Waals surface area contributed by atoms with E-state index < -0.39 is 0 Å². The molecule has 0 aliphatic heterocycles. The van der Waals surface area contributed by atoms with Gasteiger partial charge >= 0.3 is 0 Å². The van der Waals surface area contributed by atoms with Gasteiger partial charge in [-0.25, -0.2) is 0 Å². The molecule has 0 saturated heterocycles. The van der Waals surface area contributed by atoms with E-state index in [1.165, 1.54) is 5.56 Å². The summed E-state index contributed by atoms with van der Waals surface area (Å²) in [5.74, 6) is 0.715. The van der Waals surface area contributed by atoms with Gasteiger partial charge in [0.05, 0.1) is 0 Å². The van der Waals surface area contributed by atoms with Gasteiger partial charge in [-0.3, -0.25) is 4.79 Å². The summed E-state index contributed by atoms with van der Waals surface area (Å²) in [6.07, 6.45) is 3.09. The largest absolute Gasteiger partial charge is 0.294 e. The lowest BCUT2D eigenvalue weighted by atomic mass is 9.99. The number of rotatable bonds is 5. The van der Waals surface area contributed by atoms with Gasteiger partial charge in [-0.1, -0.05) is 44.2 Å². The quantitative estimate of drug-likeness (QED) is 0.521. The van der Waals surface area contributed by atoms with Crippen LogP contribution in [0.25, 0.3) is 0 Å². The molecular formula is C14H18O. The highest BCUT2D eigenvalue weighted by Gasteiger charge is 2.05. The van der Waals surface area contributed by atoms with Crippen LogP contribution in [-0.2, 0) is 0 Å². The number of carbonyl (C=O) groups excluding carboxylic acids is 1. The molecule has 0 fully saturated rings. The average Bonchev–Trinajstić information content (AvgIpc) is 2.26. The summed E-state index contributed by atoms with van der Waals surface area (Å²) < 4.78 is 0. The fourth-order valence-electron chi connectivity index (χ4n) is 1.43. The van der Waals surface area contributed by atoms with Crippen LogP contribution in [0.3, 0.4) is 0 Å². The number of Topliss-reactive ketones (excluding diaryl/α,β-unsaturated/α-hetero) is 1. The number of hydrogen-bond donors (Lipinski definition) is 0. The molecule has 0 unspecified atom stereocenters. The summed E-state index contributed by atoms with van der Waals surface area (Å²) in [7, 11) is 0. The van der Waals surface area contributed by atoms with E-state index in [1.807, 2.05) is 24.3 Å². The first kappa shape index (κ1) is 11.7.